The molecule has 0 spiro atoms. The number of benzene rings is 1. The number of rotatable bonds is 2. The zero-order valence-electron chi connectivity index (χ0n) is 9.29. The Morgan fingerprint density at radius 3 is 2.72 bits per heavy atom. The number of hydrogen-bond acceptors (Lipinski definition) is 4. The summed E-state index contributed by atoms with van der Waals surface area (Å²) in [6, 6.07) is 8.76. The maximum atomic E-state index is 10.9. The Kier molecular flexibility index (Phi) is 2.37. The normalized spacial score (nSPS) is 12.4. The van der Waals surface area contributed by atoms with Crippen LogP contribution in [0.15, 0.2) is 36.5 Å². The SMILES string of the molecule is O=C(O)c1cc(-c2ccc3c(c2)OCO3)ccn1. The summed E-state index contributed by atoms with van der Waals surface area (Å²) < 4.78 is 10.5. The molecular formula is C13H9NO4. The highest BCUT2D eigenvalue weighted by Crippen LogP contribution is 2.35. The maximum absolute atomic E-state index is 10.9. The lowest BCUT2D eigenvalue weighted by Gasteiger charge is -2.04. The topological polar surface area (TPSA) is 68.7 Å². The third-order valence-electron chi connectivity index (χ3n) is 2.68. The second kappa shape index (κ2) is 4.03. The van der Waals surface area contributed by atoms with E-state index < -0.39 is 5.97 Å². The van der Waals surface area contributed by atoms with Gasteiger partial charge in [0.25, 0.3) is 0 Å². The molecule has 0 radical (unpaired) electrons. The van der Waals surface area contributed by atoms with E-state index in [1.54, 1.807) is 12.1 Å². The summed E-state index contributed by atoms with van der Waals surface area (Å²) in [7, 11) is 0. The Balaban J connectivity index is 2.04. The van der Waals surface area contributed by atoms with Crippen molar-refractivity contribution in [2.45, 2.75) is 0 Å². The molecule has 2 heterocycles. The van der Waals surface area contributed by atoms with Crippen molar-refractivity contribution in [3.63, 3.8) is 0 Å². The van der Waals surface area contributed by atoms with Gasteiger partial charge < -0.3 is 14.6 Å². The number of carboxylic acid groups (broad SMARTS) is 1. The molecular weight excluding hydrogens is 234 g/mol. The van der Waals surface area contributed by atoms with E-state index >= 15 is 0 Å². The third-order valence-corrected chi connectivity index (χ3v) is 2.68. The lowest BCUT2D eigenvalue weighted by atomic mass is 10.1. The first-order chi connectivity index (χ1) is 8.74. The molecule has 0 fully saturated rings. The van der Waals surface area contributed by atoms with Crippen LogP contribution in [0.5, 0.6) is 11.5 Å². The second-order valence-corrected chi connectivity index (χ2v) is 3.80. The highest BCUT2D eigenvalue weighted by Gasteiger charge is 2.14. The Morgan fingerprint density at radius 1 is 1.11 bits per heavy atom. The van der Waals surface area contributed by atoms with Gasteiger partial charge in [-0.1, -0.05) is 6.07 Å². The van der Waals surface area contributed by atoms with Gasteiger partial charge >= 0.3 is 5.97 Å². The van der Waals surface area contributed by atoms with E-state index in [1.807, 2.05) is 12.1 Å². The minimum absolute atomic E-state index is 0.0187. The van der Waals surface area contributed by atoms with E-state index in [-0.39, 0.29) is 12.5 Å². The number of ether oxygens (including phenoxy) is 2. The molecule has 3 rings (SSSR count). The van der Waals surface area contributed by atoms with Crippen LogP contribution in [-0.2, 0) is 0 Å². The van der Waals surface area contributed by atoms with Crippen molar-refractivity contribution < 1.29 is 19.4 Å². The largest absolute Gasteiger partial charge is 0.477 e. The number of carbonyl (C=O) groups is 1. The zero-order valence-corrected chi connectivity index (χ0v) is 9.29. The Bertz CT molecular complexity index is 624. The molecule has 0 bridgehead atoms. The van der Waals surface area contributed by atoms with Crippen molar-refractivity contribution >= 4 is 5.97 Å². The number of pyridine rings is 1. The Labute approximate surface area is 103 Å². The molecule has 5 heteroatoms. The molecule has 1 aromatic heterocycles. The van der Waals surface area contributed by atoms with Crippen LogP contribution in [-0.4, -0.2) is 22.9 Å². The van der Waals surface area contributed by atoms with Crippen LogP contribution < -0.4 is 9.47 Å². The van der Waals surface area contributed by atoms with Gasteiger partial charge in [-0.25, -0.2) is 9.78 Å². The van der Waals surface area contributed by atoms with Gasteiger partial charge in [0, 0.05) is 6.20 Å². The van der Waals surface area contributed by atoms with Crippen LogP contribution in [0.1, 0.15) is 10.5 Å². The van der Waals surface area contributed by atoms with Gasteiger partial charge in [-0.2, -0.15) is 0 Å². The maximum Gasteiger partial charge on any atom is 0.354 e. The molecule has 1 aliphatic heterocycles. The van der Waals surface area contributed by atoms with Crippen molar-refractivity contribution in [3.05, 3.63) is 42.2 Å². The standard InChI is InChI=1S/C13H9NO4/c15-13(16)10-5-9(3-4-14-10)8-1-2-11-12(6-8)18-7-17-11/h1-6H,7H2,(H,15,16). The molecule has 0 aliphatic carbocycles. The van der Waals surface area contributed by atoms with E-state index in [0.29, 0.717) is 11.5 Å². The van der Waals surface area contributed by atoms with E-state index in [2.05, 4.69) is 4.98 Å². The first kappa shape index (κ1) is 10.6. The summed E-state index contributed by atoms with van der Waals surface area (Å²) in [5.41, 5.74) is 1.66. The lowest BCUT2D eigenvalue weighted by molar-refractivity contribution is 0.0690. The molecule has 1 N–H and O–H groups in total. The Hall–Kier alpha value is -2.56. The van der Waals surface area contributed by atoms with Crippen LogP contribution in [0, 0.1) is 0 Å². The molecule has 0 atom stereocenters. The third kappa shape index (κ3) is 1.75. The van der Waals surface area contributed by atoms with Gasteiger partial charge in [-0.05, 0) is 35.4 Å². The molecule has 18 heavy (non-hydrogen) atoms. The number of hydrogen-bond donors (Lipinski definition) is 1. The predicted octanol–water partition coefficient (Wildman–Crippen LogP) is 2.18. The van der Waals surface area contributed by atoms with Crippen LogP contribution in [0.3, 0.4) is 0 Å². The van der Waals surface area contributed by atoms with Crippen molar-refractivity contribution in [2.24, 2.45) is 0 Å². The zero-order chi connectivity index (χ0) is 12.5. The van der Waals surface area contributed by atoms with E-state index in [9.17, 15) is 4.79 Å². The van der Waals surface area contributed by atoms with Gasteiger partial charge in [0.15, 0.2) is 11.5 Å². The van der Waals surface area contributed by atoms with Crippen molar-refractivity contribution in [3.8, 4) is 22.6 Å². The van der Waals surface area contributed by atoms with Crippen LogP contribution in [0.4, 0.5) is 0 Å². The monoisotopic (exact) mass is 243 g/mol. The van der Waals surface area contributed by atoms with Crippen molar-refractivity contribution in [2.75, 3.05) is 6.79 Å². The number of aromatic nitrogens is 1. The molecule has 2 aromatic rings. The van der Waals surface area contributed by atoms with E-state index in [0.717, 1.165) is 11.1 Å². The highest BCUT2D eigenvalue weighted by atomic mass is 16.7. The minimum Gasteiger partial charge on any atom is -0.477 e. The fraction of sp³-hybridized carbons (Fsp3) is 0.0769. The molecule has 0 saturated heterocycles. The van der Waals surface area contributed by atoms with Gasteiger partial charge in [-0.3, -0.25) is 0 Å². The molecule has 5 nitrogen and oxygen atoms in total. The first-order valence-electron chi connectivity index (χ1n) is 5.33. The van der Waals surface area contributed by atoms with Gasteiger partial charge in [0.05, 0.1) is 0 Å². The molecule has 1 aromatic carbocycles. The summed E-state index contributed by atoms with van der Waals surface area (Å²) in [5, 5.41) is 8.90. The molecule has 0 saturated carbocycles. The van der Waals surface area contributed by atoms with Crippen LogP contribution in [0.2, 0.25) is 0 Å². The molecule has 90 valence electrons. The predicted molar refractivity (Wildman–Crippen MR) is 62.8 cm³/mol. The fourth-order valence-electron chi connectivity index (χ4n) is 1.80. The second-order valence-electron chi connectivity index (χ2n) is 3.80. The number of aromatic carboxylic acids is 1. The first-order valence-corrected chi connectivity index (χ1v) is 5.33. The Morgan fingerprint density at radius 2 is 1.89 bits per heavy atom. The van der Waals surface area contributed by atoms with E-state index in [4.69, 9.17) is 14.6 Å². The quantitative estimate of drug-likeness (QED) is 0.875. The smallest absolute Gasteiger partial charge is 0.354 e. The fourth-order valence-corrected chi connectivity index (χ4v) is 1.80. The van der Waals surface area contributed by atoms with Crippen LogP contribution >= 0.6 is 0 Å². The average Bonchev–Trinajstić information content (AvgIpc) is 2.86. The summed E-state index contributed by atoms with van der Waals surface area (Å²) in [6.07, 6.45) is 1.48. The molecule has 0 amide bonds. The van der Waals surface area contributed by atoms with Gasteiger partial charge in [0.1, 0.15) is 5.69 Å². The summed E-state index contributed by atoms with van der Waals surface area (Å²) in [6.45, 7) is 0.218. The number of fused-ring (bicyclic) bond motifs is 1. The van der Waals surface area contributed by atoms with Gasteiger partial charge in [-0.15, -0.1) is 0 Å². The summed E-state index contributed by atoms with van der Waals surface area (Å²) >= 11 is 0. The highest BCUT2D eigenvalue weighted by molar-refractivity contribution is 5.87. The van der Waals surface area contributed by atoms with Gasteiger partial charge in [0.2, 0.25) is 6.79 Å². The minimum atomic E-state index is -1.04. The summed E-state index contributed by atoms with van der Waals surface area (Å²) in [4.78, 5) is 14.6. The number of carboxylic acids is 1. The lowest BCUT2D eigenvalue weighted by Crippen LogP contribution is -1.99. The van der Waals surface area contributed by atoms with E-state index in [1.165, 1.54) is 12.3 Å². The van der Waals surface area contributed by atoms with Crippen LogP contribution in [0.25, 0.3) is 11.1 Å². The average molecular weight is 243 g/mol. The van der Waals surface area contributed by atoms with Crippen molar-refractivity contribution in [1.82, 2.24) is 4.98 Å². The molecule has 0 unspecified atom stereocenters. The molecule has 1 aliphatic rings. The summed E-state index contributed by atoms with van der Waals surface area (Å²) in [5.74, 6) is 0.324. The van der Waals surface area contributed by atoms with Crippen molar-refractivity contribution in [1.29, 1.82) is 0 Å². The number of nitrogens with zero attached hydrogens (tertiary/aromatic N) is 1.